The molecule has 0 radical (unpaired) electrons. The molecular formula is C12H16ClN3O2. The highest BCUT2D eigenvalue weighted by Crippen LogP contribution is 2.07. The van der Waals surface area contributed by atoms with Crippen molar-refractivity contribution in [2.75, 3.05) is 26.2 Å². The second kappa shape index (κ2) is 6.35. The van der Waals surface area contributed by atoms with Crippen LogP contribution >= 0.6 is 12.4 Å². The van der Waals surface area contributed by atoms with E-state index in [9.17, 15) is 9.59 Å². The van der Waals surface area contributed by atoms with E-state index in [1.165, 1.54) is 0 Å². The summed E-state index contributed by atoms with van der Waals surface area (Å²) < 4.78 is 0. The second-order valence-electron chi connectivity index (χ2n) is 4.03. The molecule has 6 heteroatoms. The first-order valence-corrected chi connectivity index (χ1v) is 5.63. The highest BCUT2D eigenvalue weighted by Gasteiger charge is 2.22. The normalized spacial score (nSPS) is 14.9. The van der Waals surface area contributed by atoms with Crippen LogP contribution in [0, 0.1) is 0 Å². The maximum atomic E-state index is 12.1. The number of piperazine rings is 1. The maximum Gasteiger partial charge on any atom is 0.254 e. The quantitative estimate of drug-likeness (QED) is 0.758. The summed E-state index contributed by atoms with van der Waals surface area (Å²) in [5.74, 6) is 0.0802. The van der Waals surface area contributed by atoms with Crippen molar-refractivity contribution in [2.45, 2.75) is 6.92 Å². The molecule has 2 heterocycles. The van der Waals surface area contributed by atoms with E-state index in [0.29, 0.717) is 31.7 Å². The van der Waals surface area contributed by atoms with Gasteiger partial charge in [-0.25, -0.2) is 0 Å². The number of nitrogens with zero attached hydrogens (tertiary/aromatic N) is 3. The first kappa shape index (κ1) is 14.4. The predicted molar refractivity (Wildman–Crippen MR) is 69.6 cm³/mol. The minimum absolute atomic E-state index is 0. The number of rotatable bonds is 1. The van der Waals surface area contributed by atoms with Gasteiger partial charge in [-0.1, -0.05) is 0 Å². The van der Waals surface area contributed by atoms with E-state index in [1.807, 2.05) is 0 Å². The molecule has 0 saturated carbocycles. The Labute approximate surface area is 112 Å². The summed E-state index contributed by atoms with van der Waals surface area (Å²) in [6.45, 7) is 3.99. The van der Waals surface area contributed by atoms with Crippen LogP contribution in [0.5, 0.6) is 0 Å². The van der Waals surface area contributed by atoms with Crippen LogP contribution in [0.1, 0.15) is 17.3 Å². The highest BCUT2D eigenvalue weighted by atomic mass is 35.5. The zero-order valence-corrected chi connectivity index (χ0v) is 11.0. The van der Waals surface area contributed by atoms with Gasteiger partial charge in [0, 0.05) is 51.1 Å². The molecule has 2 amide bonds. The summed E-state index contributed by atoms with van der Waals surface area (Å²) in [6.07, 6.45) is 3.22. The maximum absolute atomic E-state index is 12.1. The number of halogens is 1. The average Bonchev–Trinajstić information content (AvgIpc) is 2.39. The number of aromatic nitrogens is 1. The molecule has 0 unspecified atom stereocenters. The Balaban J connectivity index is 0.00000162. The Morgan fingerprint density at radius 3 is 2.06 bits per heavy atom. The van der Waals surface area contributed by atoms with Gasteiger partial charge in [-0.2, -0.15) is 0 Å². The fourth-order valence-corrected chi connectivity index (χ4v) is 1.90. The lowest BCUT2D eigenvalue weighted by Gasteiger charge is -2.34. The molecule has 1 aromatic heterocycles. The van der Waals surface area contributed by atoms with Crippen molar-refractivity contribution in [3.63, 3.8) is 0 Å². The van der Waals surface area contributed by atoms with Crippen molar-refractivity contribution >= 4 is 24.2 Å². The van der Waals surface area contributed by atoms with E-state index in [-0.39, 0.29) is 24.2 Å². The van der Waals surface area contributed by atoms with Gasteiger partial charge < -0.3 is 9.80 Å². The minimum Gasteiger partial charge on any atom is -0.339 e. The molecule has 0 spiro atoms. The van der Waals surface area contributed by atoms with Crippen molar-refractivity contribution in [2.24, 2.45) is 0 Å². The van der Waals surface area contributed by atoms with Gasteiger partial charge in [-0.15, -0.1) is 12.4 Å². The fraction of sp³-hybridized carbons (Fsp3) is 0.417. The Hall–Kier alpha value is -1.62. The molecule has 0 aromatic carbocycles. The van der Waals surface area contributed by atoms with E-state index < -0.39 is 0 Å². The van der Waals surface area contributed by atoms with E-state index in [0.717, 1.165) is 0 Å². The van der Waals surface area contributed by atoms with Gasteiger partial charge in [0.1, 0.15) is 0 Å². The van der Waals surface area contributed by atoms with Gasteiger partial charge in [-0.3, -0.25) is 14.6 Å². The largest absolute Gasteiger partial charge is 0.339 e. The molecular weight excluding hydrogens is 254 g/mol. The molecule has 1 aliphatic heterocycles. The zero-order chi connectivity index (χ0) is 12.3. The lowest BCUT2D eigenvalue weighted by Crippen LogP contribution is -2.50. The molecule has 5 nitrogen and oxygen atoms in total. The SMILES string of the molecule is CC(=O)N1CCN(C(=O)c2ccncc2)CC1.Cl. The summed E-state index contributed by atoms with van der Waals surface area (Å²) in [5, 5.41) is 0. The third-order valence-electron chi connectivity index (χ3n) is 2.94. The third-order valence-corrected chi connectivity index (χ3v) is 2.94. The van der Waals surface area contributed by atoms with Gasteiger partial charge >= 0.3 is 0 Å². The average molecular weight is 270 g/mol. The second-order valence-corrected chi connectivity index (χ2v) is 4.03. The number of amides is 2. The standard InChI is InChI=1S/C12H15N3O2.ClH/c1-10(16)14-6-8-15(9-7-14)12(17)11-2-4-13-5-3-11;/h2-5H,6-9H2,1H3;1H. The first-order chi connectivity index (χ1) is 8.18. The molecule has 0 atom stereocenters. The van der Waals surface area contributed by atoms with Crippen molar-refractivity contribution in [3.8, 4) is 0 Å². The highest BCUT2D eigenvalue weighted by molar-refractivity contribution is 5.94. The molecule has 1 aliphatic rings. The zero-order valence-electron chi connectivity index (χ0n) is 10.2. The van der Waals surface area contributed by atoms with Gasteiger partial charge in [0.15, 0.2) is 0 Å². The van der Waals surface area contributed by atoms with Crippen LogP contribution in [0.15, 0.2) is 24.5 Å². The summed E-state index contributed by atoms with van der Waals surface area (Å²) in [4.78, 5) is 30.6. The van der Waals surface area contributed by atoms with Crippen LogP contribution in [0.4, 0.5) is 0 Å². The van der Waals surface area contributed by atoms with Crippen LogP contribution in [0.2, 0.25) is 0 Å². The first-order valence-electron chi connectivity index (χ1n) is 5.63. The number of hydrogen-bond donors (Lipinski definition) is 0. The smallest absolute Gasteiger partial charge is 0.254 e. The van der Waals surface area contributed by atoms with Crippen molar-refractivity contribution in [1.29, 1.82) is 0 Å². The summed E-state index contributed by atoms with van der Waals surface area (Å²) >= 11 is 0. The monoisotopic (exact) mass is 269 g/mol. The Morgan fingerprint density at radius 1 is 1.06 bits per heavy atom. The molecule has 2 rings (SSSR count). The Bertz CT molecular complexity index is 417. The van der Waals surface area contributed by atoms with Crippen LogP contribution < -0.4 is 0 Å². The van der Waals surface area contributed by atoms with E-state index in [2.05, 4.69) is 4.98 Å². The van der Waals surface area contributed by atoms with Crippen LogP contribution in [0.25, 0.3) is 0 Å². The predicted octanol–water partition coefficient (Wildman–Crippen LogP) is 0.808. The molecule has 1 fully saturated rings. The summed E-state index contributed by atoms with van der Waals surface area (Å²) in [7, 11) is 0. The number of carbonyl (C=O) groups excluding carboxylic acids is 2. The molecule has 0 bridgehead atoms. The van der Waals surface area contributed by atoms with Crippen molar-refractivity contribution < 1.29 is 9.59 Å². The third kappa shape index (κ3) is 3.20. The Kier molecular flexibility index (Phi) is 5.09. The van der Waals surface area contributed by atoms with E-state index in [1.54, 1.807) is 41.2 Å². The molecule has 18 heavy (non-hydrogen) atoms. The van der Waals surface area contributed by atoms with Crippen molar-refractivity contribution in [1.82, 2.24) is 14.8 Å². The van der Waals surface area contributed by atoms with Gasteiger partial charge in [0.2, 0.25) is 5.91 Å². The van der Waals surface area contributed by atoms with Crippen LogP contribution in [-0.2, 0) is 4.79 Å². The number of pyridine rings is 1. The summed E-state index contributed by atoms with van der Waals surface area (Å²) in [6, 6.07) is 3.42. The lowest BCUT2D eigenvalue weighted by atomic mass is 10.2. The van der Waals surface area contributed by atoms with Crippen LogP contribution in [0.3, 0.4) is 0 Å². The fourth-order valence-electron chi connectivity index (χ4n) is 1.90. The molecule has 0 aliphatic carbocycles. The van der Waals surface area contributed by atoms with Crippen LogP contribution in [-0.4, -0.2) is 52.8 Å². The molecule has 98 valence electrons. The van der Waals surface area contributed by atoms with Gasteiger partial charge in [0.05, 0.1) is 0 Å². The van der Waals surface area contributed by atoms with E-state index >= 15 is 0 Å². The molecule has 1 saturated heterocycles. The topological polar surface area (TPSA) is 53.5 Å². The van der Waals surface area contributed by atoms with Gasteiger partial charge in [0.25, 0.3) is 5.91 Å². The Morgan fingerprint density at radius 2 is 1.56 bits per heavy atom. The van der Waals surface area contributed by atoms with Gasteiger partial charge in [-0.05, 0) is 12.1 Å². The summed E-state index contributed by atoms with van der Waals surface area (Å²) in [5.41, 5.74) is 0.649. The number of hydrogen-bond acceptors (Lipinski definition) is 3. The molecule has 0 N–H and O–H groups in total. The minimum atomic E-state index is 0. The van der Waals surface area contributed by atoms with Crippen molar-refractivity contribution in [3.05, 3.63) is 30.1 Å². The molecule has 1 aromatic rings. The van der Waals surface area contributed by atoms with E-state index in [4.69, 9.17) is 0 Å². The number of carbonyl (C=O) groups is 2. The lowest BCUT2D eigenvalue weighted by molar-refractivity contribution is -0.130.